The fourth-order valence-corrected chi connectivity index (χ4v) is 6.97. The molecule has 10 nitrogen and oxygen atoms in total. The average Bonchev–Trinajstić information content (AvgIpc) is 3.53. The molecule has 228 valence electrons. The molecule has 1 atom stereocenters. The van der Waals surface area contributed by atoms with Crippen molar-refractivity contribution in [3.05, 3.63) is 94.2 Å². The summed E-state index contributed by atoms with van der Waals surface area (Å²) in [5.74, 6) is -0.141. The molecule has 1 heterocycles. The summed E-state index contributed by atoms with van der Waals surface area (Å²) >= 11 is 7.55. The van der Waals surface area contributed by atoms with Gasteiger partial charge in [0.25, 0.3) is 10.0 Å². The molecule has 4 rings (SSSR count). The maximum Gasteiger partial charge on any atom is 0.407 e. The Morgan fingerprint density at radius 2 is 1.88 bits per heavy atom. The Kier molecular flexibility index (Phi) is 10.3. The second-order valence-electron chi connectivity index (χ2n) is 9.38. The Morgan fingerprint density at radius 3 is 2.51 bits per heavy atom. The third kappa shape index (κ3) is 7.48. The summed E-state index contributed by atoms with van der Waals surface area (Å²) in [6.45, 7) is -0.117. The van der Waals surface area contributed by atoms with Crippen LogP contribution in [0.4, 0.5) is 20.0 Å². The van der Waals surface area contributed by atoms with Gasteiger partial charge in [-0.25, -0.2) is 26.9 Å². The number of carboxylic acid groups (broad SMARTS) is 1. The van der Waals surface area contributed by atoms with Crippen molar-refractivity contribution in [2.45, 2.75) is 23.9 Å². The fourth-order valence-electron chi connectivity index (χ4n) is 4.33. The molecule has 0 aliphatic carbocycles. The van der Waals surface area contributed by atoms with Gasteiger partial charge in [0.05, 0.1) is 37.5 Å². The third-order valence-corrected chi connectivity index (χ3v) is 9.70. The number of carbonyl (C=O) groups is 1. The molecule has 0 fully saturated rings. The number of methoxy groups -OCH3 is 2. The minimum absolute atomic E-state index is 0.0578. The van der Waals surface area contributed by atoms with E-state index in [-0.39, 0.29) is 28.9 Å². The van der Waals surface area contributed by atoms with E-state index in [0.29, 0.717) is 23.5 Å². The van der Waals surface area contributed by atoms with Crippen molar-refractivity contribution in [3.8, 4) is 11.5 Å². The predicted molar refractivity (Wildman–Crippen MR) is 165 cm³/mol. The molecule has 1 amide bonds. The first-order valence-corrected chi connectivity index (χ1v) is 15.6. The highest BCUT2D eigenvalue weighted by atomic mass is 35.5. The molecule has 0 radical (unpaired) electrons. The van der Waals surface area contributed by atoms with E-state index in [1.54, 1.807) is 23.6 Å². The number of sulfonamides is 1. The molecular formula is C29H30ClFN4O6S2. The van der Waals surface area contributed by atoms with E-state index in [1.807, 2.05) is 30.3 Å². The zero-order valence-electron chi connectivity index (χ0n) is 23.5. The Labute approximate surface area is 258 Å². The number of aromatic nitrogens is 1. The lowest BCUT2D eigenvalue weighted by Gasteiger charge is -2.27. The number of halogens is 2. The minimum atomic E-state index is -4.51. The van der Waals surface area contributed by atoms with Crippen LogP contribution >= 0.6 is 22.9 Å². The Balaban J connectivity index is 1.63. The van der Waals surface area contributed by atoms with Crippen molar-refractivity contribution in [2.24, 2.45) is 0 Å². The normalized spacial score (nSPS) is 11.9. The first-order valence-electron chi connectivity index (χ1n) is 12.9. The van der Waals surface area contributed by atoms with Crippen LogP contribution in [0.5, 0.6) is 11.5 Å². The molecule has 0 saturated carbocycles. The average molecular weight is 649 g/mol. The van der Waals surface area contributed by atoms with Crippen LogP contribution in [0.1, 0.15) is 11.1 Å². The van der Waals surface area contributed by atoms with Gasteiger partial charge in [0, 0.05) is 36.8 Å². The molecule has 0 bridgehead atoms. The topological polar surface area (TPSA) is 121 Å². The zero-order chi connectivity index (χ0) is 31.1. The molecule has 0 aliphatic rings. The van der Waals surface area contributed by atoms with Gasteiger partial charge in [0.15, 0.2) is 5.13 Å². The maximum atomic E-state index is 15.6. The number of nitrogens with one attached hydrogen (secondary N) is 1. The zero-order valence-corrected chi connectivity index (χ0v) is 25.9. The van der Waals surface area contributed by atoms with Crippen molar-refractivity contribution in [1.29, 1.82) is 0 Å². The van der Waals surface area contributed by atoms with Crippen LogP contribution in [0.2, 0.25) is 5.02 Å². The second kappa shape index (κ2) is 13.9. The van der Waals surface area contributed by atoms with Crippen LogP contribution in [0, 0.1) is 5.82 Å². The van der Waals surface area contributed by atoms with Gasteiger partial charge >= 0.3 is 6.09 Å². The van der Waals surface area contributed by atoms with Crippen molar-refractivity contribution in [2.75, 3.05) is 37.4 Å². The van der Waals surface area contributed by atoms with Gasteiger partial charge in [-0.2, -0.15) is 0 Å². The predicted octanol–water partition coefficient (Wildman–Crippen LogP) is 5.98. The van der Waals surface area contributed by atoms with Gasteiger partial charge in [0.2, 0.25) is 0 Å². The molecule has 14 heteroatoms. The standard InChI is InChI=1S/C29H30ClFN4O6S2/c1-34(29(36)37)21(13-19-7-5-4-6-8-19)17-33-25-16-24(31)27(15-23(25)30)43(38,39)35(28-32-11-12-42-28)18-20-9-10-22(40-2)14-26(20)41-3/h4-12,14-16,21,33H,13,17-18H2,1-3H3,(H,36,37). The third-order valence-electron chi connectivity index (χ3n) is 6.72. The van der Waals surface area contributed by atoms with Crippen molar-refractivity contribution in [1.82, 2.24) is 9.88 Å². The highest BCUT2D eigenvalue weighted by Crippen LogP contribution is 2.35. The number of likely N-dealkylation sites (N-methyl/N-ethyl adjacent to an activating group) is 1. The van der Waals surface area contributed by atoms with Crippen molar-refractivity contribution >= 4 is 49.9 Å². The molecule has 0 saturated heterocycles. The number of thiazole rings is 1. The van der Waals surface area contributed by atoms with E-state index in [2.05, 4.69) is 10.3 Å². The monoisotopic (exact) mass is 648 g/mol. The molecular weight excluding hydrogens is 619 g/mol. The molecule has 4 aromatic rings. The summed E-state index contributed by atoms with van der Waals surface area (Å²) in [6, 6.07) is 15.8. The smallest absolute Gasteiger partial charge is 0.407 e. The molecule has 43 heavy (non-hydrogen) atoms. The highest BCUT2D eigenvalue weighted by molar-refractivity contribution is 7.93. The number of anilines is 2. The lowest BCUT2D eigenvalue weighted by Crippen LogP contribution is -2.42. The van der Waals surface area contributed by atoms with Crippen LogP contribution in [0.3, 0.4) is 0 Å². The van der Waals surface area contributed by atoms with Gasteiger partial charge < -0.3 is 24.8 Å². The number of hydrogen-bond acceptors (Lipinski definition) is 8. The molecule has 0 aliphatic heterocycles. The van der Waals surface area contributed by atoms with Crippen LogP contribution in [-0.2, 0) is 23.0 Å². The number of hydrogen-bond donors (Lipinski definition) is 2. The summed E-state index contributed by atoms with van der Waals surface area (Å²) in [4.78, 5) is 16.4. The second-order valence-corrected chi connectivity index (χ2v) is 12.5. The van der Waals surface area contributed by atoms with E-state index in [0.717, 1.165) is 38.2 Å². The molecule has 1 aromatic heterocycles. The molecule has 0 spiro atoms. The van der Waals surface area contributed by atoms with Crippen LogP contribution in [0.15, 0.2) is 77.1 Å². The molecule has 3 aromatic carbocycles. The summed E-state index contributed by atoms with van der Waals surface area (Å²) in [5.41, 5.74) is 1.53. The van der Waals surface area contributed by atoms with E-state index >= 15 is 4.39 Å². The van der Waals surface area contributed by atoms with Gasteiger partial charge in [-0.15, -0.1) is 11.3 Å². The fraction of sp³-hybridized carbons (Fsp3) is 0.241. The number of amides is 1. The van der Waals surface area contributed by atoms with E-state index in [1.165, 1.54) is 27.5 Å². The first-order chi connectivity index (χ1) is 20.5. The number of ether oxygens (including phenoxy) is 2. The van der Waals surface area contributed by atoms with Gasteiger partial charge in [0.1, 0.15) is 22.2 Å². The lowest BCUT2D eigenvalue weighted by atomic mass is 10.0. The van der Waals surface area contributed by atoms with Crippen molar-refractivity contribution < 1.29 is 32.2 Å². The highest BCUT2D eigenvalue weighted by Gasteiger charge is 2.32. The van der Waals surface area contributed by atoms with Gasteiger partial charge in [-0.1, -0.05) is 41.9 Å². The summed E-state index contributed by atoms with van der Waals surface area (Å²) in [7, 11) is -0.115. The van der Waals surface area contributed by atoms with Gasteiger partial charge in [-0.05, 0) is 36.2 Å². The van der Waals surface area contributed by atoms with E-state index < -0.39 is 32.9 Å². The largest absolute Gasteiger partial charge is 0.497 e. The lowest BCUT2D eigenvalue weighted by molar-refractivity contribution is 0.140. The maximum absolute atomic E-state index is 15.6. The number of benzene rings is 3. The van der Waals surface area contributed by atoms with Crippen LogP contribution in [0.25, 0.3) is 0 Å². The molecule has 2 N–H and O–H groups in total. The minimum Gasteiger partial charge on any atom is -0.497 e. The van der Waals surface area contributed by atoms with Gasteiger partial charge in [-0.3, -0.25) is 0 Å². The summed E-state index contributed by atoms with van der Waals surface area (Å²) < 4.78 is 55.1. The van der Waals surface area contributed by atoms with E-state index in [9.17, 15) is 18.3 Å². The van der Waals surface area contributed by atoms with E-state index in [4.69, 9.17) is 21.1 Å². The van der Waals surface area contributed by atoms with Crippen molar-refractivity contribution in [3.63, 3.8) is 0 Å². The quantitative estimate of drug-likeness (QED) is 0.182. The first kappa shape index (κ1) is 31.9. The number of rotatable bonds is 13. The van der Waals surface area contributed by atoms with Crippen LogP contribution in [-0.4, -0.2) is 63.4 Å². The van der Waals surface area contributed by atoms with Crippen LogP contribution < -0.4 is 19.1 Å². The Bertz CT molecular complexity index is 1660. The Hall–Kier alpha value is -4.07. The summed E-state index contributed by atoms with van der Waals surface area (Å²) in [6.07, 6.45) is 0.711. The SMILES string of the molecule is COc1ccc(CN(c2nccs2)S(=O)(=O)c2cc(Cl)c(NCC(Cc3ccccc3)N(C)C(=O)O)cc2F)c(OC)c1. The molecule has 1 unspecified atom stereocenters. The summed E-state index contributed by atoms with van der Waals surface area (Å²) in [5, 5.41) is 14.2. The number of nitrogens with zero attached hydrogens (tertiary/aromatic N) is 3. The Morgan fingerprint density at radius 1 is 1.14 bits per heavy atom.